The average Bonchev–Trinajstić information content (AvgIpc) is 3.00. The van der Waals surface area contributed by atoms with Crippen molar-refractivity contribution in [1.29, 1.82) is 0 Å². The van der Waals surface area contributed by atoms with Gasteiger partial charge < -0.3 is 9.84 Å². The molecular formula is C17H14N2O3S. The van der Waals surface area contributed by atoms with Crippen molar-refractivity contribution in [2.45, 2.75) is 6.42 Å². The molecule has 0 amide bonds. The number of hydrogen-bond acceptors (Lipinski definition) is 5. The fourth-order valence-electron chi connectivity index (χ4n) is 2.30. The van der Waals surface area contributed by atoms with Gasteiger partial charge in [-0.05, 0) is 18.2 Å². The molecule has 0 aliphatic heterocycles. The van der Waals surface area contributed by atoms with Gasteiger partial charge in [0.05, 0.1) is 17.8 Å². The molecule has 2 heterocycles. The van der Waals surface area contributed by atoms with Gasteiger partial charge in [0, 0.05) is 29.9 Å². The molecule has 5 nitrogen and oxygen atoms in total. The van der Waals surface area contributed by atoms with Crippen LogP contribution in [0.5, 0.6) is 5.75 Å². The molecule has 0 saturated carbocycles. The molecule has 0 aliphatic rings. The Kier molecular flexibility index (Phi) is 4.34. The highest BCUT2D eigenvalue weighted by Gasteiger charge is 2.19. The third-order valence-corrected chi connectivity index (χ3v) is 4.38. The maximum Gasteiger partial charge on any atom is 0.348 e. The summed E-state index contributed by atoms with van der Waals surface area (Å²) in [5.74, 6) is -0.213. The van der Waals surface area contributed by atoms with E-state index in [0.29, 0.717) is 17.7 Å². The SMILES string of the molecule is COc1ccccc1Cc1nc(-c2cccnc2)c(C(=O)O)s1. The molecule has 3 aromatic rings. The minimum absolute atomic E-state index is 0.225. The molecular weight excluding hydrogens is 312 g/mol. The highest BCUT2D eigenvalue weighted by Crippen LogP contribution is 2.30. The van der Waals surface area contributed by atoms with Crippen molar-refractivity contribution in [3.8, 4) is 17.0 Å². The third kappa shape index (κ3) is 3.22. The molecule has 0 aliphatic carbocycles. The molecule has 1 N–H and O–H groups in total. The molecule has 0 bridgehead atoms. The first-order chi connectivity index (χ1) is 11.2. The molecule has 23 heavy (non-hydrogen) atoms. The fourth-order valence-corrected chi connectivity index (χ4v) is 3.24. The number of methoxy groups -OCH3 is 1. The lowest BCUT2D eigenvalue weighted by Crippen LogP contribution is -1.95. The highest BCUT2D eigenvalue weighted by atomic mass is 32.1. The average molecular weight is 326 g/mol. The van der Waals surface area contributed by atoms with E-state index in [4.69, 9.17) is 4.74 Å². The second-order valence-corrected chi connectivity index (χ2v) is 5.90. The van der Waals surface area contributed by atoms with Crippen molar-refractivity contribution in [3.05, 3.63) is 64.2 Å². The number of aromatic nitrogens is 2. The standard InChI is InChI=1S/C17H14N2O3S/c1-22-13-7-3-2-5-11(13)9-14-19-15(16(23-14)17(20)21)12-6-4-8-18-10-12/h2-8,10H,9H2,1H3,(H,20,21). The lowest BCUT2D eigenvalue weighted by Gasteiger charge is -2.05. The van der Waals surface area contributed by atoms with Gasteiger partial charge in [0.1, 0.15) is 10.6 Å². The van der Waals surface area contributed by atoms with Crippen LogP contribution < -0.4 is 4.74 Å². The molecule has 2 aromatic heterocycles. The second kappa shape index (κ2) is 6.58. The number of para-hydroxylation sites is 1. The maximum absolute atomic E-state index is 11.5. The first kappa shape index (κ1) is 15.2. The Balaban J connectivity index is 2.00. The second-order valence-electron chi connectivity index (χ2n) is 4.82. The summed E-state index contributed by atoms with van der Waals surface area (Å²) in [5.41, 5.74) is 2.13. The lowest BCUT2D eigenvalue weighted by atomic mass is 10.1. The summed E-state index contributed by atoms with van der Waals surface area (Å²) >= 11 is 1.18. The highest BCUT2D eigenvalue weighted by molar-refractivity contribution is 7.14. The van der Waals surface area contributed by atoms with Gasteiger partial charge in [0.25, 0.3) is 0 Å². The number of thiazole rings is 1. The fraction of sp³-hybridized carbons (Fsp3) is 0.118. The number of carboxylic acid groups (broad SMARTS) is 1. The van der Waals surface area contributed by atoms with Gasteiger partial charge in [-0.1, -0.05) is 18.2 Å². The number of pyridine rings is 1. The summed E-state index contributed by atoms with van der Waals surface area (Å²) < 4.78 is 5.34. The number of nitrogens with zero attached hydrogens (tertiary/aromatic N) is 2. The van der Waals surface area contributed by atoms with Crippen LogP contribution in [0, 0.1) is 0 Å². The summed E-state index contributed by atoms with van der Waals surface area (Å²) in [5, 5.41) is 10.2. The zero-order valence-electron chi connectivity index (χ0n) is 12.4. The van der Waals surface area contributed by atoms with E-state index in [-0.39, 0.29) is 4.88 Å². The Morgan fingerprint density at radius 1 is 1.26 bits per heavy atom. The number of carbonyl (C=O) groups is 1. The molecule has 0 spiro atoms. The monoisotopic (exact) mass is 326 g/mol. The first-order valence-corrected chi connectivity index (χ1v) is 7.76. The van der Waals surface area contributed by atoms with Crippen LogP contribution >= 0.6 is 11.3 Å². The first-order valence-electron chi connectivity index (χ1n) is 6.94. The van der Waals surface area contributed by atoms with Gasteiger partial charge in [-0.3, -0.25) is 4.98 Å². The summed E-state index contributed by atoms with van der Waals surface area (Å²) in [4.78, 5) is 20.3. The van der Waals surface area contributed by atoms with Gasteiger partial charge in [-0.15, -0.1) is 11.3 Å². The number of carboxylic acids is 1. The van der Waals surface area contributed by atoms with Gasteiger partial charge in [-0.2, -0.15) is 0 Å². The van der Waals surface area contributed by atoms with E-state index in [1.807, 2.05) is 24.3 Å². The molecule has 0 saturated heterocycles. The normalized spacial score (nSPS) is 10.5. The van der Waals surface area contributed by atoms with Gasteiger partial charge in [-0.25, -0.2) is 9.78 Å². The number of hydrogen-bond donors (Lipinski definition) is 1. The Morgan fingerprint density at radius 3 is 2.78 bits per heavy atom. The summed E-state index contributed by atoms with van der Waals surface area (Å²) in [6.07, 6.45) is 3.79. The van der Waals surface area contributed by atoms with Crippen molar-refractivity contribution in [2.24, 2.45) is 0 Å². The van der Waals surface area contributed by atoms with E-state index >= 15 is 0 Å². The topological polar surface area (TPSA) is 72.3 Å². The quantitative estimate of drug-likeness (QED) is 0.777. The van der Waals surface area contributed by atoms with Crippen LogP contribution in [0.2, 0.25) is 0 Å². The van der Waals surface area contributed by atoms with Gasteiger partial charge in [0.2, 0.25) is 0 Å². The molecule has 0 atom stereocenters. The zero-order valence-corrected chi connectivity index (χ0v) is 13.2. The van der Waals surface area contributed by atoms with Gasteiger partial charge in [0.15, 0.2) is 0 Å². The van der Waals surface area contributed by atoms with Crippen LogP contribution in [0.4, 0.5) is 0 Å². The van der Waals surface area contributed by atoms with E-state index in [0.717, 1.165) is 16.3 Å². The number of benzene rings is 1. The van der Waals surface area contributed by atoms with E-state index < -0.39 is 5.97 Å². The van der Waals surface area contributed by atoms with Crippen molar-refractivity contribution in [2.75, 3.05) is 7.11 Å². The number of ether oxygens (including phenoxy) is 1. The molecule has 3 rings (SSSR count). The summed E-state index contributed by atoms with van der Waals surface area (Å²) in [6.45, 7) is 0. The molecule has 116 valence electrons. The zero-order chi connectivity index (χ0) is 16.2. The molecule has 0 fully saturated rings. The minimum Gasteiger partial charge on any atom is -0.496 e. The van der Waals surface area contributed by atoms with E-state index in [1.54, 1.807) is 31.6 Å². The Bertz CT molecular complexity index is 831. The summed E-state index contributed by atoms with van der Waals surface area (Å²) in [7, 11) is 1.62. The van der Waals surface area contributed by atoms with Gasteiger partial charge >= 0.3 is 5.97 Å². The molecule has 6 heteroatoms. The van der Waals surface area contributed by atoms with E-state index in [2.05, 4.69) is 9.97 Å². The van der Waals surface area contributed by atoms with E-state index in [1.165, 1.54) is 11.3 Å². The van der Waals surface area contributed by atoms with Crippen LogP contribution in [0.1, 0.15) is 20.2 Å². The Hall–Kier alpha value is -2.73. The number of rotatable bonds is 5. The van der Waals surface area contributed by atoms with Crippen LogP contribution in [-0.4, -0.2) is 28.2 Å². The molecule has 0 radical (unpaired) electrons. The maximum atomic E-state index is 11.5. The Labute approximate surface area is 137 Å². The largest absolute Gasteiger partial charge is 0.496 e. The van der Waals surface area contributed by atoms with Crippen molar-refractivity contribution in [3.63, 3.8) is 0 Å². The molecule has 0 unspecified atom stereocenters. The van der Waals surface area contributed by atoms with Crippen LogP contribution in [0.15, 0.2) is 48.8 Å². The Morgan fingerprint density at radius 2 is 2.09 bits per heavy atom. The van der Waals surface area contributed by atoms with Crippen molar-refractivity contribution < 1.29 is 14.6 Å². The van der Waals surface area contributed by atoms with Crippen molar-refractivity contribution in [1.82, 2.24) is 9.97 Å². The van der Waals surface area contributed by atoms with Crippen LogP contribution in [0.3, 0.4) is 0 Å². The third-order valence-electron chi connectivity index (χ3n) is 3.33. The minimum atomic E-state index is -0.979. The number of aromatic carboxylic acids is 1. The predicted octanol–water partition coefficient (Wildman–Crippen LogP) is 3.50. The molecule has 1 aromatic carbocycles. The summed E-state index contributed by atoms with van der Waals surface area (Å²) in [6, 6.07) is 11.2. The lowest BCUT2D eigenvalue weighted by molar-refractivity contribution is 0.0702. The smallest absolute Gasteiger partial charge is 0.348 e. The van der Waals surface area contributed by atoms with Crippen molar-refractivity contribution >= 4 is 17.3 Å². The van der Waals surface area contributed by atoms with E-state index in [9.17, 15) is 9.90 Å². The van der Waals surface area contributed by atoms with Crippen LogP contribution in [-0.2, 0) is 6.42 Å². The van der Waals surface area contributed by atoms with Crippen LogP contribution in [0.25, 0.3) is 11.3 Å². The predicted molar refractivity (Wildman–Crippen MR) is 88.1 cm³/mol.